The van der Waals surface area contributed by atoms with Crippen LogP contribution in [0.3, 0.4) is 0 Å². The molecule has 0 atom stereocenters. The van der Waals surface area contributed by atoms with E-state index in [0.29, 0.717) is 0 Å². The number of aryl methyl sites for hydroxylation is 1. The maximum atomic E-state index is 10.3. The molecule has 0 aliphatic rings. The fourth-order valence-corrected chi connectivity index (χ4v) is 1.87. The summed E-state index contributed by atoms with van der Waals surface area (Å²) in [5.74, 6) is 0. The third-order valence-corrected chi connectivity index (χ3v) is 2.85. The first-order valence-corrected chi connectivity index (χ1v) is 4.86. The number of rotatable bonds is 3. The van der Waals surface area contributed by atoms with Crippen molar-refractivity contribution in [1.29, 1.82) is 0 Å². The van der Waals surface area contributed by atoms with E-state index in [9.17, 15) is 10.1 Å². The third-order valence-electron chi connectivity index (χ3n) is 1.67. The molecular weight excluding hydrogens is 186 g/mol. The lowest BCUT2D eigenvalue weighted by Crippen LogP contribution is -1.91. The quantitative estimate of drug-likeness (QED) is 0.552. The molecule has 3 nitrogen and oxygen atoms in total. The van der Waals surface area contributed by atoms with Crippen molar-refractivity contribution in [2.45, 2.75) is 20.3 Å². The van der Waals surface area contributed by atoms with Crippen LogP contribution < -0.4 is 0 Å². The van der Waals surface area contributed by atoms with Gasteiger partial charge in [-0.2, -0.15) is 0 Å². The Morgan fingerprint density at radius 2 is 2.38 bits per heavy atom. The maximum absolute atomic E-state index is 10.3. The molecule has 0 fully saturated rings. The molecule has 0 aromatic carbocycles. The fraction of sp³-hybridized carbons (Fsp3) is 0.333. The van der Waals surface area contributed by atoms with Crippen LogP contribution in [0.15, 0.2) is 17.8 Å². The number of hydrogen-bond donors (Lipinski definition) is 0. The van der Waals surface area contributed by atoms with Gasteiger partial charge in [0, 0.05) is 22.8 Å². The zero-order valence-corrected chi connectivity index (χ0v) is 8.43. The zero-order chi connectivity index (χ0) is 9.84. The van der Waals surface area contributed by atoms with Crippen molar-refractivity contribution in [1.82, 2.24) is 0 Å². The van der Waals surface area contributed by atoms with Crippen LogP contribution in [0.25, 0.3) is 6.08 Å². The molecule has 4 heteroatoms. The molecule has 1 rings (SSSR count). The molecule has 0 radical (unpaired) electrons. The highest BCUT2D eigenvalue weighted by atomic mass is 32.1. The van der Waals surface area contributed by atoms with Crippen LogP contribution in [-0.4, -0.2) is 4.92 Å². The van der Waals surface area contributed by atoms with E-state index < -0.39 is 0 Å². The van der Waals surface area contributed by atoms with E-state index in [1.165, 1.54) is 11.8 Å². The molecule has 0 aliphatic heterocycles. The van der Waals surface area contributed by atoms with Crippen LogP contribution in [0.2, 0.25) is 0 Å². The summed E-state index contributed by atoms with van der Waals surface area (Å²) in [5, 5.41) is 10.3. The number of thiophene rings is 1. The Kier molecular flexibility index (Phi) is 3.19. The van der Waals surface area contributed by atoms with Crippen molar-refractivity contribution in [2.75, 3.05) is 0 Å². The first kappa shape index (κ1) is 9.92. The van der Waals surface area contributed by atoms with Gasteiger partial charge in [-0.1, -0.05) is 6.92 Å². The summed E-state index contributed by atoms with van der Waals surface area (Å²) in [4.78, 5) is 12.2. The normalized spacial score (nSPS) is 11.7. The number of nitrogens with zero attached hydrogens (tertiary/aromatic N) is 1. The lowest BCUT2D eigenvalue weighted by molar-refractivity contribution is -0.422. The lowest BCUT2D eigenvalue weighted by Gasteiger charge is -1.87. The van der Waals surface area contributed by atoms with Crippen LogP contribution >= 0.6 is 11.3 Å². The van der Waals surface area contributed by atoms with Gasteiger partial charge in [-0.3, -0.25) is 10.1 Å². The third kappa shape index (κ3) is 2.66. The molecule has 1 aromatic heterocycles. The average molecular weight is 197 g/mol. The van der Waals surface area contributed by atoms with E-state index >= 15 is 0 Å². The number of allylic oxidation sites excluding steroid dienone is 1. The highest BCUT2D eigenvalue weighted by molar-refractivity contribution is 7.12. The SMILES string of the molecule is CCc1ccc(C=C(C)[N+](=O)[O-])s1. The minimum absolute atomic E-state index is 0.185. The first-order valence-electron chi connectivity index (χ1n) is 4.05. The van der Waals surface area contributed by atoms with E-state index in [0.717, 1.165) is 11.3 Å². The van der Waals surface area contributed by atoms with Gasteiger partial charge < -0.3 is 0 Å². The Morgan fingerprint density at radius 1 is 1.69 bits per heavy atom. The molecule has 0 saturated carbocycles. The van der Waals surface area contributed by atoms with Crippen molar-refractivity contribution in [3.05, 3.63) is 37.7 Å². The van der Waals surface area contributed by atoms with Crippen LogP contribution in [0.1, 0.15) is 23.6 Å². The van der Waals surface area contributed by atoms with Crippen molar-refractivity contribution < 1.29 is 4.92 Å². The summed E-state index contributed by atoms with van der Waals surface area (Å²) in [5.41, 5.74) is 0.185. The predicted octanol–water partition coefficient (Wildman–Crippen LogP) is 2.95. The van der Waals surface area contributed by atoms with E-state index in [4.69, 9.17) is 0 Å². The largest absolute Gasteiger partial charge is 0.259 e. The van der Waals surface area contributed by atoms with Crippen LogP contribution in [0, 0.1) is 10.1 Å². The van der Waals surface area contributed by atoms with Gasteiger partial charge in [-0.15, -0.1) is 11.3 Å². The Morgan fingerprint density at radius 3 is 2.85 bits per heavy atom. The second-order valence-corrected chi connectivity index (χ2v) is 3.90. The second-order valence-electron chi connectivity index (χ2n) is 2.70. The zero-order valence-electron chi connectivity index (χ0n) is 7.61. The Bertz CT molecular complexity index is 341. The lowest BCUT2D eigenvalue weighted by atomic mass is 10.3. The smallest absolute Gasteiger partial charge is 0.244 e. The Labute approximate surface area is 80.9 Å². The highest BCUT2D eigenvalue weighted by Gasteiger charge is 2.03. The van der Waals surface area contributed by atoms with Crippen molar-refractivity contribution in [2.24, 2.45) is 0 Å². The average Bonchev–Trinajstić information content (AvgIpc) is 2.52. The summed E-state index contributed by atoms with van der Waals surface area (Å²) < 4.78 is 0. The Balaban J connectivity index is 2.84. The molecule has 13 heavy (non-hydrogen) atoms. The topological polar surface area (TPSA) is 43.1 Å². The van der Waals surface area contributed by atoms with Crippen molar-refractivity contribution in [3.63, 3.8) is 0 Å². The molecule has 0 unspecified atom stereocenters. The minimum Gasteiger partial charge on any atom is -0.259 e. The van der Waals surface area contributed by atoms with Gasteiger partial charge in [0.15, 0.2) is 0 Å². The van der Waals surface area contributed by atoms with E-state index in [2.05, 4.69) is 6.92 Å². The van der Waals surface area contributed by atoms with Crippen LogP contribution in [0.5, 0.6) is 0 Å². The molecule has 0 aliphatic carbocycles. The van der Waals surface area contributed by atoms with Gasteiger partial charge in [0.25, 0.3) is 0 Å². The Hall–Kier alpha value is -1.16. The molecule has 0 saturated heterocycles. The predicted molar refractivity (Wildman–Crippen MR) is 54.3 cm³/mol. The number of hydrogen-bond acceptors (Lipinski definition) is 3. The molecule has 1 aromatic rings. The summed E-state index contributed by atoms with van der Waals surface area (Å²) in [6.07, 6.45) is 2.58. The fourth-order valence-electron chi connectivity index (χ4n) is 0.921. The van der Waals surface area contributed by atoms with Gasteiger partial charge in [0.05, 0.1) is 4.92 Å². The van der Waals surface area contributed by atoms with Gasteiger partial charge >= 0.3 is 0 Å². The summed E-state index contributed by atoms with van der Waals surface area (Å²) >= 11 is 1.60. The van der Waals surface area contributed by atoms with Crippen molar-refractivity contribution >= 4 is 17.4 Å². The standard InChI is InChI=1S/C9H11NO2S/c1-3-8-4-5-9(13-8)6-7(2)10(11)12/h4-6H,3H2,1-2H3. The van der Waals surface area contributed by atoms with Gasteiger partial charge in [-0.05, 0) is 18.6 Å². The van der Waals surface area contributed by atoms with Gasteiger partial charge in [0.2, 0.25) is 5.70 Å². The van der Waals surface area contributed by atoms with Gasteiger partial charge in [0.1, 0.15) is 0 Å². The monoisotopic (exact) mass is 197 g/mol. The highest BCUT2D eigenvalue weighted by Crippen LogP contribution is 2.19. The first-order chi connectivity index (χ1) is 6.13. The number of nitro groups is 1. The van der Waals surface area contributed by atoms with Crippen LogP contribution in [0.4, 0.5) is 0 Å². The molecule has 0 spiro atoms. The van der Waals surface area contributed by atoms with Crippen LogP contribution in [-0.2, 0) is 6.42 Å². The summed E-state index contributed by atoms with van der Waals surface area (Å²) in [6, 6.07) is 3.92. The molecule has 0 amide bonds. The van der Waals surface area contributed by atoms with Gasteiger partial charge in [-0.25, -0.2) is 0 Å². The second kappa shape index (κ2) is 4.18. The molecular formula is C9H11NO2S. The molecule has 70 valence electrons. The van der Waals surface area contributed by atoms with Crippen molar-refractivity contribution in [3.8, 4) is 0 Å². The van der Waals surface area contributed by atoms with E-state index in [-0.39, 0.29) is 10.6 Å². The molecule has 0 bridgehead atoms. The maximum Gasteiger partial charge on any atom is 0.244 e. The molecule has 1 heterocycles. The van der Waals surface area contributed by atoms with E-state index in [1.807, 2.05) is 12.1 Å². The summed E-state index contributed by atoms with van der Waals surface area (Å²) in [6.45, 7) is 3.57. The molecule has 0 N–H and O–H groups in total. The van der Waals surface area contributed by atoms with E-state index in [1.54, 1.807) is 17.4 Å². The summed E-state index contributed by atoms with van der Waals surface area (Å²) in [7, 11) is 0. The minimum atomic E-state index is -0.370.